The third kappa shape index (κ3) is 9.36. The monoisotopic (exact) mass is 550 g/mol. The number of rotatable bonds is 11. The summed E-state index contributed by atoms with van der Waals surface area (Å²) in [6.07, 6.45) is 1.39. The lowest BCUT2D eigenvalue weighted by molar-refractivity contribution is -0.136. The van der Waals surface area contributed by atoms with E-state index in [4.69, 9.17) is 9.47 Å². The first-order valence-electron chi connectivity index (χ1n) is 12.9. The van der Waals surface area contributed by atoms with Gasteiger partial charge in [-0.3, -0.25) is 14.4 Å². The van der Waals surface area contributed by atoms with E-state index in [9.17, 15) is 14.4 Å². The van der Waals surface area contributed by atoms with Crippen molar-refractivity contribution in [3.05, 3.63) is 126 Å². The van der Waals surface area contributed by atoms with E-state index in [1.54, 1.807) is 48.5 Å². The molecule has 0 radical (unpaired) electrons. The van der Waals surface area contributed by atoms with Gasteiger partial charge < -0.3 is 20.1 Å². The molecule has 0 bridgehead atoms. The van der Waals surface area contributed by atoms with Crippen LogP contribution >= 0.6 is 0 Å². The fourth-order valence-electron chi connectivity index (χ4n) is 3.69. The van der Waals surface area contributed by atoms with E-state index < -0.39 is 11.8 Å². The Balaban J connectivity index is 1.16. The third-order valence-corrected chi connectivity index (χ3v) is 5.87. The number of hydrogen-bond donors (Lipinski definition) is 3. The number of hydrogen-bond acceptors (Lipinski definition) is 6. The molecule has 0 saturated heterocycles. The molecule has 0 aliphatic heterocycles. The van der Waals surface area contributed by atoms with Gasteiger partial charge in [-0.25, -0.2) is 5.43 Å². The summed E-state index contributed by atoms with van der Waals surface area (Å²) in [5.41, 5.74) is 5.35. The van der Waals surface area contributed by atoms with Crippen LogP contribution in [0.1, 0.15) is 29.7 Å². The summed E-state index contributed by atoms with van der Waals surface area (Å²) in [6, 6.07) is 32.8. The molecule has 9 heteroatoms. The minimum Gasteiger partial charge on any atom is -0.489 e. The van der Waals surface area contributed by atoms with Crippen LogP contribution in [0.4, 0.5) is 5.69 Å². The molecule has 0 fully saturated rings. The first-order chi connectivity index (χ1) is 20.0. The maximum atomic E-state index is 12.2. The number of ether oxygens (including phenoxy) is 2. The van der Waals surface area contributed by atoms with Crippen molar-refractivity contribution < 1.29 is 23.9 Å². The molecule has 0 saturated carbocycles. The van der Waals surface area contributed by atoms with Gasteiger partial charge in [0.2, 0.25) is 0 Å². The number of hydrazone groups is 1. The Morgan fingerprint density at radius 2 is 1.37 bits per heavy atom. The molecule has 0 aromatic heterocycles. The lowest BCUT2D eigenvalue weighted by atomic mass is 10.1. The van der Waals surface area contributed by atoms with Gasteiger partial charge in [-0.2, -0.15) is 5.10 Å². The van der Waals surface area contributed by atoms with E-state index >= 15 is 0 Å². The van der Waals surface area contributed by atoms with Gasteiger partial charge in [0.1, 0.15) is 18.1 Å². The van der Waals surface area contributed by atoms with E-state index in [0.29, 0.717) is 29.4 Å². The average molecular weight is 551 g/mol. The predicted octanol–water partition coefficient (Wildman–Crippen LogP) is 4.61. The molecule has 0 heterocycles. The average Bonchev–Trinajstić information content (AvgIpc) is 3.01. The highest BCUT2D eigenvalue weighted by Crippen LogP contribution is 2.17. The smallest absolute Gasteiger partial charge is 0.329 e. The van der Waals surface area contributed by atoms with E-state index in [2.05, 4.69) is 21.2 Å². The van der Waals surface area contributed by atoms with Crippen LogP contribution in [0, 0.1) is 0 Å². The Morgan fingerprint density at radius 3 is 2.05 bits per heavy atom. The highest BCUT2D eigenvalue weighted by atomic mass is 16.5. The Hall–Kier alpha value is -5.44. The third-order valence-electron chi connectivity index (χ3n) is 5.87. The Labute approximate surface area is 238 Å². The van der Waals surface area contributed by atoms with Crippen LogP contribution in [-0.2, 0) is 21.0 Å². The van der Waals surface area contributed by atoms with Gasteiger partial charge in [0.05, 0.1) is 12.3 Å². The number of anilines is 1. The minimum atomic E-state index is -0.915. The highest BCUT2D eigenvalue weighted by Gasteiger charge is 2.13. The Kier molecular flexibility index (Phi) is 10.2. The highest BCUT2D eigenvalue weighted by molar-refractivity contribution is 6.39. The largest absolute Gasteiger partial charge is 0.489 e. The number of carbonyl (C=O) groups is 3. The zero-order valence-corrected chi connectivity index (χ0v) is 22.4. The standard InChI is InChI=1S/C32H30N4O5/c1-23(26-10-6-3-7-11-26)34-30(37)22-41-28-16-12-24(13-17-28)20-33-36-32(39)31(38)35-27-14-18-29(19-15-27)40-21-25-8-4-2-5-9-25/h2-20,23H,21-22H2,1H3,(H,34,37)(H,35,38)(H,36,39)/b33-20-/t23-/m1/s1. The number of amides is 3. The topological polar surface area (TPSA) is 118 Å². The minimum absolute atomic E-state index is 0.126. The quantitative estimate of drug-likeness (QED) is 0.143. The molecule has 41 heavy (non-hydrogen) atoms. The maximum Gasteiger partial charge on any atom is 0.329 e. The number of carbonyl (C=O) groups excluding carboxylic acids is 3. The van der Waals surface area contributed by atoms with Gasteiger partial charge >= 0.3 is 11.8 Å². The van der Waals surface area contributed by atoms with Gasteiger partial charge in [-0.05, 0) is 72.1 Å². The van der Waals surface area contributed by atoms with Crippen molar-refractivity contribution in [2.75, 3.05) is 11.9 Å². The second kappa shape index (κ2) is 14.6. The second-order valence-electron chi connectivity index (χ2n) is 9.01. The summed E-state index contributed by atoms with van der Waals surface area (Å²) < 4.78 is 11.3. The van der Waals surface area contributed by atoms with Crippen molar-refractivity contribution in [2.45, 2.75) is 19.6 Å². The predicted molar refractivity (Wildman–Crippen MR) is 157 cm³/mol. The number of nitrogens with one attached hydrogen (secondary N) is 3. The van der Waals surface area contributed by atoms with Crippen molar-refractivity contribution in [3.63, 3.8) is 0 Å². The SMILES string of the molecule is C[C@@H](NC(=O)COc1ccc(/C=N\NC(=O)C(=O)Nc2ccc(OCc3ccccc3)cc2)cc1)c1ccccc1. The first-order valence-corrected chi connectivity index (χ1v) is 12.9. The molecule has 208 valence electrons. The lowest BCUT2D eigenvalue weighted by Gasteiger charge is -2.14. The molecule has 4 rings (SSSR count). The molecule has 4 aromatic carbocycles. The Bertz CT molecular complexity index is 1460. The van der Waals surface area contributed by atoms with E-state index in [-0.39, 0.29) is 18.6 Å². The summed E-state index contributed by atoms with van der Waals surface area (Å²) in [4.78, 5) is 36.5. The fraction of sp³-hybridized carbons (Fsp3) is 0.125. The zero-order chi connectivity index (χ0) is 28.9. The zero-order valence-electron chi connectivity index (χ0n) is 22.4. The molecule has 0 aliphatic rings. The number of benzene rings is 4. The van der Waals surface area contributed by atoms with Gasteiger partial charge in [-0.1, -0.05) is 60.7 Å². The molecule has 1 atom stereocenters. The second-order valence-corrected chi connectivity index (χ2v) is 9.01. The lowest BCUT2D eigenvalue weighted by Crippen LogP contribution is -2.32. The van der Waals surface area contributed by atoms with Gasteiger partial charge in [0.25, 0.3) is 5.91 Å². The molecule has 3 N–H and O–H groups in total. The summed E-state index contributed by atoms with van der Waals surface area (Å²) in [6.45, 7) is 2.21. The van der Waals surface area contributed by atoms with E-state index in [1.807, 2.05) is 67.6 Å². The molecule has 9 nitrogen and oxygen atoms in total. The molecule has 0 unspecified atom stereocenters. The molecule has 0 aliphatic carbocycles. The van der Waals surface area contributed by atoms with Gasteiger partial charge in [0.15, 0.2) is 6.61 Å². The molecule has 0 spiro atoms. The molecular formula is C32H30N4O5. The van der Waals surface area contributed by atoms with Gasteiger partial charge in [-0.15, -0.1) is 0 Å². The van der Waals surface area contributed by atoms with Crippen molar-refractivity contribution in [2.24, 2.45) is 5.10 Å². The summed E-state index contributed by atoms with van der Waals surface area (Å²) in [7, 11) is 0. The van der Waals surface area contributed by atoms with Crippen LogP contribution in [0.5, 0.6) is 11.5 Å². The van der Waals surface area contributed by atoms with E-state index in [1.165, 1.54) is 6.21 Å². The van der Waals surface area contributed by atoms with Crippen LogP contribution < -0.4 is 25.5 Å². The maximum absolute atomic E-state index is 12.2. The van der Waals surface area contributed by atoms with Crippen molar-refractivity contribution >= 4 is 29.6 Å². The molecule has 3 amide bonds. The van der Waals surface area contributed by atoms with Crippen LogP contribution in [-0.4, -0.2) is 30.5 Å². The Morgan fingerprint density at radius 1 is 0.756 bits per heavy atom. The van der Waals surface area contributed by atoms with Crippen molar-refractivity contribution in [1.29, 1.82) is 0 Å². The molecular weight excluding hydrogens is 520 g/mol. The van der Waals surface area contributed by atoms with Gasteiger partial charge in [0, 0.05) is 5.69 Å². The van der Waals surface area contributed by atoms with E-state index in [0.717, 1.165) is 11.1 Å². The van der Waals surface area contributed by atoms with Crippen LogP contribution in [0.15, 0.2) is 114 Å². The van der Waals surface area contributed by atoms with Crippen molar-refractivity contribution in [3.8, 4) is 11.5 Å². The van der Waals surface area contributed by atoms with Crippen LogP contribution in [0.3, 0.4) is 0 Å². The van der Waals surface area contributed by atoms with Crippen molar-refractivity contribution in [1.82, 2.24) is 10.7 Å². The first kappa shape index (κ1) is 28.6. The normalized spacial score (nSPS) is 11.3. The fourth-order valence-corrected chi connectivity index (χ4v) is 3.69. The summed E-state index contributed by atoms with van der Waals surface area (Å²) in [5.74, 6) is -0.867. The summed E-state index contributed by atoms with van der Waals surface area (Å²) >= 11 is 0. The molecule has 4 aromatic rings. The van der Waals surface area contributed by atoms with Crippen LogP contribution in [0.2, 0.25) is 0 Å². The summed E-state index contributed by atoms with van der Waals surface area (Å²) in [5, 5.41) is 9.23. The number of nitrogens with zero attached hydrogens (tertiary/aromatic N) is 1. The van der Waals surface area contributed by atoms with Crippen LogP contribution in [0.25, 0.3) is 0 Å².